The van der Waals surface area contributed by atoms with E-state index in [2.05, 4.69) is 0 Å². The zero-order chi connectivity index (χ0) is 24.6. The molecule has 1 heterocycles. The van der Waals surface area contributed by atoms with E-state index in [9.17, 15) is 32.3 Å². The molecule has 174 valence electrons. The molecule has 9 heteroatoms. The van der Waals surface area contributed by atoms with Crippen molar-refractivity contribution in [1.82, 2.24) is 0 Å². The standard InChI is InChI=1S/C25H17F4NO4/c1-34-17-11-9-14(10-12-17)22(31)20-21(18-7-2-3-8-19(18)26)30(24(33)23(20)32)16-6-4-5-15(13-16)25(27,28)29/h2-13,21,31H,1H3/b22-20+. The number of amides is 1. The summed E-state index contributed by atoms with van der Waals surface area (Å²) in [5.74, 6) is -3.27. The summed E-state index contributed by atoms with van der Waals surface area (Å²) in [7, 11) is 1.44. The average molecular weight is 471 g/mol. The number of ketones is 1. The summed E-state index contributed by atoms with van der Waals surface area (Å²) in [4.78, 5) is 26.8. The smallest absolute Gasteiger partial charge is 0.416 e. The molecule has 34 heavy (non-hydrogen) atoms. The van der Waals surface area contributed by atoms with E-state index < -0.39 is 46.6 Å². The van der Waals surface area contributed by atoms with Crippen LogP contribution in [0.15, 0.2) is 78.4 Å². The molecule has 1 fully saturated rings. The first-order chi connectivity index (χ1) is 16.1. The van der Waals surface area contributed by atoms with Crippen molar-refractivity contribution in [3.8, 4) is 5.75 Å². The third-order valence-electron chi connectivity index (χ3n) is 5.46. The van der Waals surface area contributed by atoms with Crippen LogP contribution in [0.1, 0.15) is 22.7 Å². The van der Waals surface area contributed by atoms with Crippen molar-refractivity contribution in [2.75, 3.05) is 12.0 Å². The van der Waals surface area contributed by atoms with E-state index in [0.717, 1.165) is 23.1 Å². The quantitative estimate of drug-likeness (QED) is 0.237. The largest absolute Gasteiger partial charge is 0.507 e. The van der Waals surface area contributed by atoms with Crippen LogP contribution in [-0.4, -0.2) is 23.9 Å². The van der Waals surface area contributed by atoms with E-state index in [-0.39, 0.29) is 16.8 Å². The Morgan fingerprint density at radius 2 is 1.65 bits per heavy atom. The van der Waals surface area contributed by atoms with Crippen molar-refractivity contribution in [2.24, 2.45) is 0 Å². The Morgan fingerprint density at radius 3 is 2.26 bits per heavy atom. The predicted octanol–water partition coefficient (Wildman–Crippen LogP) is 5.48. The van der Waals surface area contributed by atoms with Crippen molar-refractivity contribution >= 4 is 23.1 Å². The Hall–Kier alpha value is -4.14. The number of benzene rings is 3. The fourth-order valence-electron chi connectivity index (χ4n) is 3.83. The maximum atomic E-state index is 14.8. The number of methoxy groups -OCH3 is 1. The second-order valence-corrected chi connectivity index (χ2v) is 7.47. The molecular formula is C25H17F4NO4. The summed E-state index contributed by atoms with van der Waals surface area (Å²) in [6.07, 6.45) is -4.71. The third kappa shape index (κ3) is 4.00. The molecule has 0 aromatic heterocycles. The first-order valence-electron chi connectivity index (χ1n) is 10.0. The van der Waals surface area contributed by atoms with Crippen LogP contribution in [0.3, 0.4) is 0 Å². The van der Waals surface area contributed by atoms with Gasteiger partial charge in [-0.15, -0.1) is 0 Å². The van der Waals surface area contributed by atoms with Gasteiger partial charge in [0.2, 0.25) is 0 Å². The predicted molar refractivity (Wildman–Crippen MR) is 116 cm³/mol. The number of halogens is 4. The molecule has 4 rings (SSSR count). The van der Waals surface area contributed by atoms with E-state index in [4.69, 9.17) is 4.74 Å². The Balaban J connectivity index is 1.95. The lowest BCUT2D eigenvalue weighted by molar-refractivity contribution is -0.137. The van der Waals surface area contributed by atoms with E-state index in [0.29, 0.717) is 11.8 Å². The van der Waals surface area contributed by atoms with Crippen LogP contribution in [0.2, 0.25) is 0 Å². The molecule has 3 aromatic carbocycles. The number of nitrogens with zero attached hydrogens (tertiary/aromatic N) is 1. The van der Waals surface area contributed by atoms with Gasteiger partial charge in [0, 0.05) is 16.8 Å². The topological polar surface area (TPSA) is 66.8 Å². The number of hydrogen-bond donors (Lipinski definition) is 1. The monoisotopic (exact) mass is 471 g/mol. The van der Waals surface area contributed by atoms with Gasteiger partial charge >= 0.3 is 6.18 Å². The van der Waals surface area contributed by atoms with Crippen molar-refractivity contribution < 1.29 is 37.0 Å². The van der Waals surface area contributed by atoms with Gasteiger partial charge in [0.15, 0.2) is 0 Å². The number of carbonyl (C=O) groups excluding carboxylic acids is 2. The highest BCUT2D eigenvalue weighted by atomic mass is 19.4. The van der Waals surface area contributed by atoms with Crippen molar-refractivity contribution in [3.05, 3.63) is 101 Å². The number of hydrogen-bond acceptors (Lipinski definition) is 4. The first kappa shape index (κ1) is 23.0. The molecule has 0 aliphatic carbocycles. The molecule has 1 amide bonds. The number of carbonyl (C=O) groups is 2. The molecule has 1 aliphatic rings. The van der Waals surface area contributed by atoms with E-state index in [1.165, 1.54) is 55.6 Å². The van der Waals surface area contributed by atoms with Crippen molar-refractivity contribution in [3.63, 3.8) is 0 Å². The van der Waals surface area contributed by atoms with Gasteiger partial charge in [-0.2, -0.15) is 13.2 Å². The fourth-order valence-corrected chi connectivity index (χ4v) is 3.83. The van der Waals surface area contributed by atoms with Crippen LogP contribution in [0.5, 0.6) is 5.75 Å². The highest BCUT2D eigenvalue weighted by Gasteiger charge is 2.48. The van der Waals surface area contributed by atoms with Crippen LogP contribution >= 0.6 is 0 Å². The summed E-state index contributed by atoms with van der Waals surface area (Å²) < 4.78 is 59.8. The molecule has 1 saturated heterocycles. The van der Waals surface area contributed by atoms with Crippen molar-refractivity contribution in [2.45, 2.75) is 12.2 Å². The van der Waals surface area contributed by atoms with Crippen molar-refractivity contribution in [1.29, 1.82) is 0 Å². The lowest BCUT2D eigenvalue weighted by atomic mass is 9.94. The molecule has 0 radical (unpaired) electrons. The summed E-state index contributed by atoms with van der Waals surface area (Å²) in [5.41, 5.74) is -1.77. The zero-order valence-corrected chi connectivity index (χ0v) is 17.6. The van der Waals surface area contributed by atoms with Gasteiger partial charge in [-0.05, 0) is 48.5 Å². The lowest BCUT2D eigenvalue weighted by Crippen LogP contribution is -2.30. The second kappa shape index (κ2) is 8.66. The number of aliphatic hydroxyl groups excluding tert-OH is 1. The van der Waals surface area contributed by atoms with Crippen LogP contribution in [-0.2, 0) is 15.8 Å². The molecule has 1 atom stereocenters. The third-order valence-corrected chi connectivity index (χ3v) is 5.46. The number of ether oxygens (including phenoxy) is 1. The van der Waals surface area contributed by atoms with Gasteiger partial charge in [-0.3, -0.25) is 14.5 Å². The molecule has 1 unspecified atom stereocenters. The minimum Gasteiger partial charge on any atom is -0.507 e. The molecule has 3 aromatic rings. The van der Waals surface area contributed by atoms with Gasteiger partial charge in [0.05, 0.1) is 24.3 Å². The molecule has 0 spiro atoms. The van der Waals surface area contributed by atoms with Gasteiger partial charge in [0.1, 0.15) is 17.3 Å². The molecular weight excluding hydrogens is 454 g/mol. The molecule has 5 nitrogen and oxygen atoms in total. The number of Topliss-reactive ketones (excluding diaryl/α,β-unsaturated/α-hetero) is 1. The van der Waals surface area contributed by atoms with E-state index >= 15 is 0 Å². The summed E-state index contributed by atoms with van der Waals surface area (Å²) in [6.45, 7) is 0. The number of alkyl halides is 3. The minimum absolute atomic E-state index is 0.143. The van der Waals surface area contributed by atoms with Crippen LogP contribution in [0, 0.1) is 5.82 Å². The minimum atomic E-state index is -4.71. The van der Waals surface area contributed by atoms with Gasteiger partial charge in [-0.1, -0.05) is 24.3 Å². The number of anilines is 1. The first-order valence-corrected chi connectivity index (χ1v) is 10.0. The van der Waals surface area contributed by atoms with E-state index in [1.54, 1.807) is 0 Å². The number of rotatable bonds is 4. The van der Waals surface area contributed by atoms with Crippen LogP contribution < -0.4 is 9.64 Å². The zero-order valence-electron chi connectivity index (χ0n) is 17.6. The Kier molecular flexibility index (Phi) is 5.87. The van der Waals surface area contributed by atoms with Crippen LogP contribution in [0.4, 0.5) is 23.2 Å². The van der Waals surface area contributed by atoms with E-state index in [1.807, 2.05) is 0 Å². The molecule has 0 bridgehead atoms. The SMILES string of the molecule is COc1ccc(/C(O)=C2\C(=O)C(=O)N(c3cccc(C(F)(F)F)c3)C2c2ccccc2F)cc1. The Bertz CT molecular complexity index is 1300. The lowest BCUT2D eigenvalue weighted by Gasteiger charge is -2.26. The molecule has 0 saturated carbocycles. The Morgan fingerprint density at radius 1 is 0.971 bits per heavy atom. The van der Waals surface area contributed by atoms with Gasteiger partial charge < -0.3 is 9.84 Å². The maximum Gasteiger partial charge on any atom is 0.416 e. The summed E-state index contributed by atoms with van der Waals surface area (Å²) >= 11 is 0. The highest BCUT2D eigenvalue weighted by Crippen LogP contribution is 2.44. The molecule has 1 aliphatic heterocycles. The number of aliphatic hydroxyl groups is 1. The van der Waals surface area contributed by atoms with Gasteiger partial charge in [0.25, 0.3) is 11.7 Å². The average Bonchev–Trinajstić information content (AvgIpc) is 3.08. The van der Waals surface area contributed by atoms with Gasteiger partial charge in [-0.25, -0.2) is 4.39 Å². The van der Waals surface area contributed by atoms with Crippen LogP contribution in [0.25, 0.3) is 5.76 Å². The summed E-state index contributed by atoms with van der Waals surface area (Å²) in [6, 6.07) is 13.4. The maximum absolute atomic E-state index is 14.8. The molecule has 1 N–H and O–H groups in total. The Labute approximate surface area is 191 Å². The fraction of sp³-hybridized carbons (Fsp3) is 0.120. The second-order valence-electron chi connectivity index (χ2n) is 7.47. The normalized spacial score (nSPS) is 17.8. The highest BCUT2D eigenvalue weighted by molar-refractivity contribution is 6.51. The summed E-state index contributed by atoms with van der Waals surface area (Å²) in [5, 5.41) is 11.0.